The van der Waals surface area contributed by atoms with E-state index in [1.165, 1.54) is 15.9 Å². The Hall–Kier alpha value is -4.53. The highest BCUT2D eigenvalue weighted by Crippen LogP contribution is 2.38. The second-order valence-corrected chi connectivity index (χ2v) is 8.01. The number of benzene rings is 3. The maximum Gasteiger partial charge on any atom is 0.320 e. The van der Waals surface area contributed by atoms with Gasteiger partial charge in [-0.2, -0.15) is 10.2 Å². The second kappa shape index (κ2) is 8.43. The zero-order valence-electron chi connectivity index (χ0n) is 18.3. The third-order valence-electron chi connectivity index (χ3n) is 5.96. The number of hydrazone groups is 1. The highest BCUT2D eigenvalue weighted by Gasteiger charge is 2.39. The highest BCUT2D eigenvalue weighted by molar-refractivity contribution is 6.07. The number of hydrogen-bond acceptors (Lipinski definition) is 6. The highest BCUT2D eigenvalue weighted by atomic mass is 16.6. The van der Waals surface area contributed by atoms with Gasteiger partial charge in [0, 0.05) is 18.5 Å². The zero-order chi connectivity index (χ0) is 23.8. The third-order valence-corrected chi connectivity index (χ3v) is 5.96. The molecule has 0 aliphatic carbocycles. The maximum absolute atomic E-state index is 13.5. The molecule has 1 aromatic heterocycles. The second-order valence-electron chi connectivity index (χ2n) is 8.01. The molecule has 170 valence electrons. The minimum Gasteiger partial charge on any atom is -0.508 e. The number of nitro groups is 1. The molecular weight excluding hydrogens is 434 g/mol. The van der Waals surface area contributed by atoms with Crippen LogP contribution in [0.5, 0.6) is 5.75 Å². The zero-order valence-corrected chi connectivity index (χ0v) is 18.3. The van der Waals surface area contributed by atoms with E-state index >= 15 is 0 Å². The number of rotatable bonds is 5. The largest absolute Gasteiger partial charge is 0.508 e. The molecule has 0 saturated carbocycles. The number of phenols is 1. The molecule has 9 nitrogen and oxygen atoms in total. The summed E-state index contributed by atoms with van der Waals surface area (Å²) in [7, 11) is 0. The first-order valence-corrected chi connectivity index (χ1v) is 10.9. The van der Waals surface area contributed by atoms with E-state index < -0.39 is 16.9 Å². The van der Waals surface area contributed by atoms with Crippen molar-refractivity contribution in [2.75, 3.05) is 0 Å². The first-order chi connectivity index (χ1) is 16.5. The molecule has 0 fully saturated rings. The van der Waals surface area contributed by atoms with Crippen LogP contribution in [0.15, 0.2) is 78.0 Å². The fourth-order valence-electron chi connectivity index (χ4n) is 4.22. The van der Waals surface area contributed by atoms with E-state index in [0.717, 1.165) is 16.3 Å². The van der Waals surface area contributed by atoms with Crippen molar-refractivity contribution >= 4 is 28.1 Å². The lowest BCUT2D eigenvalue weighted by molar-refractivity contribution is -0.385. The summed E-state index contributed by atoms with van der Waals surface area (Å²) in [5, 5.41) is 34.1. The predicted octanol–water partition coefficient (Wildman–Crippen LogP) is 4.66. The maximum atomic E-state index is 13.5. The molecule has 5 rings (SSSR count). The Morgan fingerprint density at radius 2 is 1.85 bits per heavy atom. The fraction of sp³-hybridized carbons (Fsp3) is 0.160. The summed E-state index contributed by atoms with van der Waals surface area (Å²) in [6.07, 6.45) is 1.58. The van der Waals surface area contributed by atoms with Crippen molar-refractivity contribution in [3.8, 4) is 5.75 Å². The van der Waals surface area contributed by atoms with Gasteiger partial charge >= 0.3 is 11.6 Å². The predicted molar refractivity (Wildman–Crippen MR) is 127 cm³/mol. The standard InChI is InChI=1S/C25H21N5O4/c1-2-28-15-22(30(33)34)24(27-28)25(32)29-21(19-9-5-6-10-23(19)31)14-20(26-29)18-12-11-16-7-3-4-8-17(16)13-18/h3-13,15,21,31H,2,14H2,1H3/t21-/m1/s1. The number of para-hydroxylation sites is 1. The van der Waals surface area contributed by atoms with Gasteiger partial charge in [0.2, 0.25) is 5.69 Å². The monoisotopic (exact) mass is 455 g/mol. The van der Waals surface area contributed by atoms with Gasteiger partial charge in [0.05, 0.1) is 16.7 Å². The summed E-state index contributed by atoms with van der Waals surface area (Å²) < 4.78 is 1.35. The summed E-state index contributed by atoms with van der Waals surface area (Å²) in [5.41, 5.74) is 1.33. The van der Waals surface area contributed by atoms with E-state index in [1.807, 2.05) is 42.5 Å². The van der Waals surface area contributed by atoms with Crippen LogP contribution in [0.4, 0.5) is 5.69 Å². The smallest absolute Gasteiger partial charge is 0.320 e. The van der Waals surface area contributed by atoms with E-state index in [-0.39, 0.29) is 17.1 Å². The fourth-order valence-corrected chi connectivity index (χ4v) is 4.22. The first kappa shape index (κ1) is 21.3. The van der Waals surface area contributed by atoms with Gasteiger partial charge in [0.25, 0.3) is 0 Å². The quantitative estimate of drug-likeness (QED) is 0.347. The minimum absolute atomic E-state index is 0.0221. The third kappa shape index (κ3) is 3.66. The number of aryl methyl sites for hydroxylation is 1. The number of aromatic hydroxyl groups is 1. The molecule has 0 radical (unpaired) electrons. The van der Waals surface area contributed by atoms with Crippen molar-refractivity contribution in [3.05, 3.63) is 99.9 Å². The van der Waals surface area contributed by atoms with Crippen LogP contribution in [-0.4, -0.2) is 36.4 Å². The summed E-state index contributed by atoms with van der Waals surface area (Å²) in [6, 6.07) is 19.9. The van der Waals surface area contributed by atoms with Crippen LogP contribution >= 0.6 is 0 Å². The van der Waals surface area contributed by atoms with Gasteiger partial charge in [-0.3, -0.25) is 19.6 Å². The molecule has 9 heteroatoms. The summed E-state index contributed by atoms with van der Waals surface area (Å²) in [5.74, 6) is -0.670. The Morgan fingerprint density at radius 3 is 2.59 bits per heavy atom. The average Bonchev–Trinajstić information content (AvgIpc) is 3.49. The van der Waals surface area contributed by atoms with E-state index in [0.29, 0.717) is 24.2 Å². The normalized spacial score (nSPS) is 15.5. The molecule has 2 heterocycles. The van der Waals surface area contributed by atoms with Crippen molar-refractivity contribution in [3.63, 3.8) is 0 Å². The van der Waals surface area contributed by atoms with E-state index in [2.05, 4.69) is 10.2 Å². The number of hydrogen-bond donors (Lipinski definition) is 1. The molecule has 1 atom stereocenters. The lowest BCUT2D eigenvalue weighted by Crippen LogP contribution is -2.28. The molecule has 0 bridgehead atoms. The molecule has 1 N–H and O–H groups in total. The van der Waals surface area contributed by atoms with E-state index in [9.17, 15) is 20.0 Å². The van der Waals surface area contributed by atoms with Crippen LogP contribution in [0.2, 0.25) is 0 Å². The van der Waals surface area contributed by atoms with Crippen LogP contribution in [0.1, 0.15) is 41.0 Å². The molecule has 3 aromatic carbocycles. The summed E-state index contributed by atoms with van der Waals surface area (Å²) >= 11 is 0. The summed E-state index contributed by atoms with van der Waals surface area (Å²) in [4.78, 5) is 24.5. The molecule has 4 aromatic rings. The van der Waals surface area contributed by atoms with Crippen molar-refractivity contribution in [1.82, 2.24) is 14.8 Å². The number of carbonyl (C=O) groups is 1. The Kier molecular flexibility index (Phi) is 5.29. The van der Waals surface area contributed by atoms with Gasteiger partial charge < -0.3 is 5.11 Å². The van der Waals surface area contributed by atoms with Gasteiger partial charge in [-0.15, -0.1) is 0 Å². The van der Waals surface area contributed by atoms with Crippen LogP contribution in [0.25, 0.3) is 10.8 Å². The Labute approximate surface area is 194 Å². The molecule has 34 heavy (non-hydrogen) atoms. The lowest BCUT2D eigenvalue weighted by Gasteiger charge is -2.21. The Balaban J connectivity index is 1.61. The number of carbonyl (C=O) groups excluding carboxylic acids is 1. The van der Waals surface area contributed by atoms with E-state index in [4.69, 9.17) is 0 Å². The van der Waals surface area contributed by atoms with Gasteiger partial charge in [-0.05, 0) is 35.4 Å². The van der Waals surface area contributed by atoms with Crippen LogP contribution in [0.3, 0.4) is 0 Å². The molecule has 0 saturated heterocycles. The number of aromatic nitrogens is 2. The van der Waals surface area contributed by atoms with Crippen molar-refractivity contribution < 1.29 is 14.8 Å². The summed E-state index contributed by atoms with van der Waals surface area (Å²) in [6.45, 7) is 2.16. The number of nitrogens with zero attached hydrogens (tertiary/aromatic N) is 5. The van der Waals surface area contributed by atoms with Crippen LogP contribution in [-0.2, 0) is 6.54 Å². The molecule has 1 aliphatic heterocycles. The van der Waals surface area contributed by atoms with E-state index in [1.54, 1.807) is 31.2 Å². The Bertz CT molecular complexity index is 1460. The van der Waals surface area contributed by atoms with Gasteiger partial charge in [0.1, 0.15) is 11.9 Å². The SMILES string of the molecule is CCn1cc([N+](=O)[O-])c(C(=O)N2N=C(c3ccc4ccccc4c3)C[C@@H]2c2ccccc2O)n1. The first-order valence-electron chi connectivity index (χ1n) is 10.9. The topological polar surface area (TPSA) is 114 Å². The number of phenolic OH excluding ortho intramolecular Hbond substituents is 1. The van der Waals surface area contributed by atoms with Gasteiger partial charge in [-0.25, -0.2) is 5.01 Å². The Morgan fingerprint density at radius 1 is 1.12 bits per heavy atom. The number of fused-ring (bicyclic) bond motifs is 1. The number of amides is 1. The van der Waals surface area contributed by atoms with Crippen LogP contribution in [0, 0.1) is 10.1 Å². The molecule has 1 amide bonds. The molecule has 0 unspecified atom stereocenters. The molecule has 0 spiro atoms. The van der Waals surface area contributed by atoms with Crippen LogP contribution < -0.4 is 0 Å². The molecular formula is C25H21N5O4. The minimum atomic E-state index is -0.692. The van der Waals surface area contributed by atoms with Crippen molar-refractivity contribution in [2.45, 2.75) is 25.9 Å². The van der Waals surface area contributed by atoms with Crippen molar-refractivity contribution in [2.24, 2.45) is 5.10 Å². The van der Waals surface area contributed by atoms with Gasteiger partial charge in [-0.1, -0.05) is 54.6 Å². The van der Waals surface area contributed by atoms with Crippen molar-refractivity contribution in [1.29, 1.82) is 0 Å². The molecule has 1 aliphatic rings. The lowest BCUT2D eigenvalue weighted by atomic mass is 9.96. The van der Waals surface area contributed by atoms with Gasteiger partial charge in [0.15, 0.2) is 0 Å². The average molecular weight is 455 g/mol.